The molecular weight excluding hydrogens is 176 g/mol. The molecule has 2 nitrogen and oxygen atoms in total. The Kier molecular flexibility index (Phi) is 18.5. The third-order valence-electron chi connectivity index (χ3n) is 1.92. The Labute approximate surface area is 90.8 Å². The Morgan fingerprint density at radius 1 is 0.786 bits per heavy atom. The van der Waals surface area contributed by atoms with Crippen LogP contribution in [0.5, 0.6) is 0 Å². The predicted octanol–water partition coefficient (Wildman–Crippen LogP) is 3.12. The molecule has 0 radical (unpaired) electrons. The van der Waals surface area contributed by atoms with Gasteiger partial charge >= 0.3 is 0 Å². The molecule has 0 amide bonds. The number of aliphatic hydroxyl groups is 2. The van der Waals surface area contributed by atoms with E-state index < -0.39 is 0 Å². The van der Waals surface area contributed by atoms with Crippen molar-refractivity contribution in [3.05, 3.63) is 0 Å². The number of aliphatic hydroxyl groups excluding tert-OH is 2. The summed E-state index contributed by atoms with van der Waals surface area (Å²) >= 11 is 0. The Balaban J connectivity index is 0. The summed E-state index contributed by atoms with van der Waals surface area (Å²) in [6.07, 6.45) is 8.75. The monoisotopic (exact) mass is 205 g/mol. The van der Waals surface area contributed by atoms with E-state index in [1.54, 1.807) is 0 Å². The van der Waals surface area contributed by atoms with Gasteiger partial charge in [0.2, 0.25) is 0 Å². The molecule has 0 spiro atoms. The van der Waals surface area contributed by atoms with Crippen molar-refractivity contribution >= 4 is 0 Å². The predicted molar refractivity (Wildman–Crippen MR) is 62.5 cm³/mol. The van der Waals surface area contributed by atoms with Gasteiger partial charge in [0.05, 0.1) is 0 Å². The highest BCUT2D eigenvalue weighted by Crippen LogP contribution is 1.96. The highest BCUT2D eigenvalue weighted by atomic mass is 16.3. The van der Waals surface area contributed by atoms with Gasteiger partial charge in [-0.05, 0) is 12.8 Å². The minimum absolute atomic E-state index is 0.304. The second-order valence-corrected chi connectivity index (χ2v) is 3.42. The van der Waals surface area contributed by atoms with Crippen LogP contribution < -0.4 is 0 Å². The summed E-state index contributed by atoms with van der Waals surface area (Å²) in [5.41, 5.74) is 0. The SMILES string of the molecule is CCCCCCO.[2H]CCCCCCO. The lowest BCUT2D eigenvalue weighted by Gasteiger charge is -1.90. The van der Waals surface area contributed by atoms with Crippen LogP contribution in [0.15, 0.2) is 0 Å². The smallest absolute Gasteiger partial charge is 0.0431 e. The maximum atomic E-state index is 8.32. The van der Waals surface area contributed by atoms with E-state index in [4.69, 9.17) is 11.6 Å². The van der Waals surface area contributed by atoms with Crippen LogP contribution in [-0.4, -0.2) is 23.4 Å². The number of hydrogen-bond donors (Lipinski definition) is 2. The Morgan fingerprint density at radius 2 is 1.29 bits per heavy atom. The van der Waals surface area contributed by atoms with Gasteiger partial charge in [-0.3, -0.25) is 0 Å². The lowest BCUT2D eigenvalue weighted by atomic mass is 10.2. The van der Waals surface area contributed by atoms with E-state index in [1.807, 2.05) is 0 Å². The van der Waals surface area contributed by atoms with Crippen LogP contribution in [0, 0.1) is 0 Å². The molecule has 0 fully saturated rings. The van der Waals surface area contributed by atoms with E-state index in [2.05, 4.69) is 6.92 Å². The van der Waals surface area contributed by atoms with Crippen molar-refractivity contribution in [2.24, 2.45) is 0 Å². The van der Waals surface area contributed by atoms with Crippen LogP contribution in [-0.2, 0) is 0 Å². The van der Waals surface area contributed by atoms with Crippen LogP contribution >= 0.6 is 0 Å². The molecule has 0 unspecified atom stereocenters. The molecule has 0 saturated heterocycles. The summed E-state index contributed by atoms with van der Waals surface area (Å²) < 4.78 is 6.78. The summed E-state index contributed by atoms with van der Waals surface area (Å²) in [6.45, 7) is 3.36. The normalized spacial score (nSPS) is 10.4. The number of rotatable bonds is 8. The standard InChI is InChI=1S/2C6H14O/c2*1-2-3-4-5-6-7/h2*7H,2-6H2,1H3/i1D;. The molecule has 2 N–H and O–H groups in total. The molecular formula is C12H28O2. The molecule has 0 rings (SSSR count). The van der Waals surface area contributed by atoms with Gasteiger partial charge in [-0.1, -0.05) is 52.3 Å². The van der Waals surface area contributed by atoms with E-state index in [9.17, 15) is 0 Å². The molecule has 2 heteroatoms. The molecule has 0 aromatic carbocycles. The highest BCUT2D eigenvalue weighted by molar-refractivity contribution is 4.36. The number of unbranched alkanes of at least 4 members (excludes halogenated alkanes) is 6. The largest absolute Gasteiger partial charge is 0.396 e. The third-order valence-corrected chi connectivity index (χ3v) is 1.92. The maximum absolute atomic E-state index is 8.32. The second kappa shape index (κ2) is 18.7. The Morgan fingerprint density at radius 3 is 1.64 bits per heavy atom. The first kappa shape index (κ1) is 13.9. The van der Waals surface area contributed by atoms with Crippen molar-refractivity contribution in [1.82, 2.24) is 0 Å². The van der Waals surface area contributed by atoms with Crippen molar-refractivity contribution in [3.8, 4) is 0 Å². The fourth-order valence-corrected chi connectivity index (χ4v) is 1.00. The quantitative estimate of drug-likeness (QED) is 0.598. The zero-order valence-corrected chi connectivity index (χ0v) is 9.67. The van der Waals surface area contributed by atoms with Gasteiger partial charge in [0, 0.05) is 14.6 Å². The van der Waals surface area contributed by atoms with Gasteiger partial charge in [0.15, 0.2) is 0 Å². The van der Waals surface area contributed by atoms with E-state index in [0.717, 1.165) is 32.1 Å². The molecule has 0 aliphatic heterocycles. The van der Waals surface area contributed by atoms with Crippen molar-refractivity contribution in [2.75, 3.05) is 13.2 Å². The zero-order chi connectivity index (χ0) is 11.8. The van der Waals surface area contributed by atoms with E-state index in [1.165, 1.54) is 19.3 Å². The van der Waals surface area contributed by atoms with Crippen molar-refractivity contribution in [3.63, 3.8) is 0 Å². The summed E-state index contributed by atoms with van der Waals surface area (Å²) in [4.78, 5) is 0. The highest BCUT2D eigenvalue weighted by Gasteiger charge is 1.81. The lowest BCUT2D eigenvalue weighted by molar-refractivity contribution is 0.282. The van der Waals surface area contributed by atoms with Gasteiger partial charge < -0.3 is 10.2 Å². The van der Waals surface area contributed by atoms with Gasteiger partial charge in [0.25, 0.3) is 0 Å². The summed E-state index contributed by atoms with van der Waals surface area (Å²) in [5.74, 6) is 0. The Hall–Kier alpha value is -0.0800. The van der Waals surface area contributed by atoms with Gasteiger partial charge in [-0.25, -0.2) is 0 Å². The first-order valence-electron chi connectivity index (χ1n) is 6.55. The van der Waals surface area contributed by atoms with Gasteiger partial charge in [-0.15, -0.1) is 0 Å². The average Bonchev–Trinajstić information content (AvgIpc) is 2.26. The third kappa shape index (κ3) is 22.7. The van der Waals surface area contributed by atoms with Crippen LogP contribution in [0.1, 0.15) is 66.6 Å². The average molecular weight is 205 g/mol. The minimum Gasteiger partial charge on any atom is -0.396 e. The first-order chi connectivity index (χ1) is 7.33. The molecule has 14 heavy (non-hydrogen) atoms. The van der Waals surface area contributed by atoms with Crippen molar-refractivity contribution < 1.29 is 11.6 Å². The minimum atomic E-state index is 0.304. The molecule has 0 heterocycles. The van der Waals surface area contributed by atoms with Crippen molar-refractivity contribution in [1.29, 1.82) is 0 Å². The van der Waals surface area contributed by atoms with Crippen LogP contribution in [0.2, 0.25) is 0 Å². The van der Waals surface area contributed by atoms with Crippen LogP contribution in [0.3, 0.4) is 0 Å². The Bertz CT molecular complexity index is 79.7. The summed E-state index contributed by atoms with van der Waals surface area (Å²) in [5, 5.41) is 16.6. The number of hydrogen-bond acceptors (Lipinski definition) is 2. The van der Waals surface area contributed by atoms with E-state index in [0.29, 0.717) is 20.1 Å². The molecule has 0 aromatic heterocycles. The van der Waals surface area contributed by atoms with Gasteiger partial charge in [0.1, 0.15) is 0 Å². The molecule has 0 aliphatic rings. The molecule has 0 saturated carbocycles. The molecule has 88 valence electrons. The maximum Gasteiger partial charge on any atom is 0.0431 e. The van der Waals surface area contributed by atoms with Crippen molar-refractivity contribution in [2.45, 2.75) is 65.2 Å². The van der Waals surface area contributed by atoms with Gasteiger partial charge in [-0.2, -0.15) is 0 Å². The summed E-state index contributed by atoms with van der Waals surface area (Å²) in [7, 11) is 0. The van der Waals surface area contributed by atoms with E-state index >= 15 is 0 Å². The first-order valence-corrected chi connectivity index (χ1v) is 5.84. The zero-order valence-electron chi connectivity index (χ0n) is 10.7. The van der Waals surface area contributed by atoms with Crippen LogP contribution in [0.4, 0.5) is 0 Å². The lowest BCUT2D eigenvalue weighted by Crippen LogP contribution is -1.80. The molecule has 0 bridgehead atoms. The fourth-order valence-electron chi connectivity index (χ4n) is 1.00. The fraction of sp³-hybridized carbons (Fsp3) is 1.00. The molecule has 0 aliphatic carbocycles. The van der Waals surface area contributed by atoms with E-state index in [-0.39, 0.29) is 0 Å². The second-order valence-electron chi connectivity index (χ2n) is 3.42. The summed E-state index contributed by atoms with van der Waals surface area (Å²) in [6, 6.07) is 0. The molecule has 0 aromatic rings. The van der Waals surface area contributed by atoms with Crippen LogP contribution in [0.25, 0.3) is 0 Å². The topological polar surface area (TPSA) is 40.5 Å². The molecule has 0 atom stereocenters.